The maximum absolute atomic E-state index is 12.6. The number of hydrogen-bond acceptors (Lipinski definition) is 3. The summed E-state index contributed by atoms with van der Waals surface area (Å²) in [6, 6.07) is 4.63. The highest BCUT2D eigenvalue weighted by Gasteiger charge is 2.31. The van der Waals surface area contributed by atoms with Crippen LogP contribution in [-0.4, -0.2) is 42.4 Å². The van der Waals surface area contributed by atoms with Gasteiger partial charge in [-0.3, -0.25) is 4.90 Å². The van der Waals surface area contributed by atoms with Crippen molar-refractivity contribution in [1.29, 1.82) is 0 Å². The summed E-state index contributed by atoms with van der Waals surface area (Å²) in [5.74, 6) is 0.0913. The van der Waals surface area contributed by atoms with Crippen molar-refractivity contribution in [2.45, 2.75) is 25.1 Å². The van der Waals surface area contributed by atoms with Crippen LogP contribution in [0, 0.1) is 0 Å². The monoisotopic (exact) mass is 402 g/mol. The zero-order valence-corrected chi connectivity index (χ0v) is 14.3. The Bertz CT molecular complexity index is 482. The van der Waals surface area contributed by atoms with Gasteiger partial charge in [-0.05, 0) is 40.0 Å². The van der Waals surface area contributed by atoms with E-state index >= 15 is 0 Å². The molecule has 1 aliphatic heterocycles. The number of aromatic hydroxyl groups is 1. The molecule has 22 heavy (non-hydrogen) atoms. The Morgan fingerprint density at radius 2 is 1.91 bits per heavy atom. The molecule has 0 unspecified atom stereocenters. The highest BCUT2D eigenvalue weighted by atomic mass is 79.9. The Morgan fingerprint density at radius 1 is 1.27 bits per heavy atom. The SMILES string of the molecule is Cl.Oc1ccc([C@H](CCC(F)(F)F)N2CCNCC2)cc1Br. The Hall–Kier alpha value is -0.500. The highest BCUT2D eigenvalue weighted by molar-refractivity contribution is 9.10. The molecule has 0 aromatic heterocycles. The number of benzene rings is 1. The molecule has 1 aromatic rings. The quantitative estimate of drug-likeness (QED) is 0.801. The van der Waals surface area contributed by atoms with Gasteiger partial charge in [-0.1, -0.05) is 6.07 Å². The van der Waals surface area contributed by atoms with Crippen LogP contribution < -0.4 is 5.32 Å². The first kappa shape index (κ1) is 19.5. The summed E-state index contributed by atoms with van der Waals surface area (Å²) in [6.07, 6.45) is -4.93. The van der Waals surface area contributed by atoms with E-state index in [1.54, 1.807) is 12.1 Å². The summed E-state index contributed by atoms with van der Waals surface area (Å²) < 4.78 is 38.2. The second-order valence-electron chi connectivity index (χ2n) is 5.17. The fourth-order valence-corrected chi connectivity index (χ4v) is 2.98. The van der Waals surface area contributed by atoms with Crippen LogP contribution >= 0.6 is 28.3 Å². The number of hydrogen-bond donors (Lipinski definition) is 2. The maximum Gasteiger partial charge on any atom is 0.389 e. The number of nitrogens with one attached hydrogen (secondary N) is 1. The molecule has 126 valence electrons. The Morgan fingerprint density at radius 3 is 2.45 bits per heavy atom. The van der Waals surface area contributed by atoms with Crippen molar-refractivity contribution in [3.8, 4) is 5.75 Å². The molecule has 3 nitrogen and oxygen atoms in total. The van der Waals surface area contributed by atoms with E-state index in [4.69, 9.17) is 0 Å². The van der Waals surface area contributed by atoms with Gasteiger partial charge in [-0.25, -0.2) is 0 Å². The topological polar surface area (TPSA) is 35.5 Å². The summed E-state index contributed by atoms with van der Waals surface area (Å²) in [6.45, 7) is 3.01. The van der Waals surface area contributed by atoms with E-state index in [2.05, 4.69) is 26.1 Å². The molecule has 1 saturated heterocycles. The van der Waals surface area contributed by atoms with E-state index in [-0.39, 0.29) is 30.6 Å². The molecule has 1 aliphatic rings. The van der Waals surface area contributed by atoms with Crippen LogP contribution in [0.2, 0.25) is 0 Å². The average Bonchev–Trinajstić information content (AvgIpc) is 2.43. The zero-order valence-electron chi connectivity index (χ0n) is 11.9. The van der Waals surface area contributed by atoms with Crippen molar-refractivity contribution in [2.24, 2.45) is 0 Å². The number of piperazine rings is 1. The van der Waals surface area contributed by atoms with E-state index in [0.717, 1.165) is 31.7 Å². The predicted molar refractivity (Wildman–Crippen MR) is 85.5 cm³/mol. The normalized spacial score (nSPS) is 17.8. The number of halogens is 5. The third kappa shape index (κ3) is 5.61. The van der Waals surface area contributed by atoms with Gasteiger partial charge in [0.05, 0.1) is 4.47 Å². The lowest BCUT2D eigenvalue weighted by Crippen LogP contribution is -2.45. The van der Waals surface area contributed by atoms with Crippen molar-refractivity contribution in [3.05, 3.63) is 28.2 Å². The lowest BCUT2D eigenvalue weighted by molar-refractivity contribution is -0.138. The highest BCUT2D eigenvalue weighted by Crippen LogP contribution is 2.34. The van der Waals surface area contributed by atoms with Crippen LogP contribution in [0.3, 0.4) is 0 Å². The Labute approximate surface area is 142 Å². The molecule has 1 fully saturated rings. The molecular weight excluding hydrogens is 385 g/mol. The summed E-state index contributed by atoms with van der Waals surface area (Å²) in [5, 5.41) is 12.7. The Balaban J connectivity index is 0.00000242. The summed E-state index contributed by atoms with van der Waals surface area (Å²) in [4.78, 5) is 2.07. The Kier molecular flexibility index (Phi) is 7.45. The standard InChI is InChI=1S/C14H18BrF3N2O.ClH/c15-11-9-10(1-2-13(11)21)12(3-4-14(16,17)18)20-7-5-19-6-8-20;/h1-2,9,12,19,21H,3-8H2;1H/t12-;/m0./s1. The summed E-state index contributed by atoms with van der Waals surface area (Å²) >= 11 is 3.23. The number of phenols is 1. The summed E-state index contributed by atoms with van der Waals surface area (Å²) in [5.41, 5.74) is 0.797. The number of nitrogens with zero attached hydrogens (tertiary/aromatic N) is 1. The third-order valence-corrected chi connectivity index (χ3v) is 4.29. The summed E-state index contributed by atoms with van der Waals surface area (Å²) in [7, 11) is 0. The maximum atomic E-state index is 12.6. The molecular formula is C14H19BrClF3N2O. The number of rotatable bonds is 4. The predicted octanol–water partition coefficient (Wildman–Crippen LogP) is 3.87. The molecule has 0 amide bonds. The largest absolute Gasteiger partial charge is 0.507 e. The molecule has 1 aromatic carbocycles. The zero-order chi connectivity index (χ0) is 15.5. The minimum absolute atomic E-state index is 0. The van der Waals surface area contributed by atoms with E-state index in [9.17, 15) is 18.3 Å². The smallest absolute Gasteiger partial charge is 0.389 e. The molecule has 0 saturated carbocycles. The first-order valence-corrected chi connectivity index (χ1v) is 7.66. The molecule has 2 N–H and O–H groups in total. The molecule has 1 atom stereocenters. The van der Waals surface area contributed by atoms with Crippen molar-refractivity contribution < 1.29 is 18.3 Å². The minimum Gasteiger partial charge on any atom is -0.507 e. The fraction of sp³-hybridized carbons (Fsp3) is 0.571. The van der Waals surface area contributed by atoms with Crippen LogP contribution in [0.5, 0.6) is 5.75 Å². The van der Waals surface area contributed by atoms with Gasteiger partial charge in [-0.2, -0.15) is 13.2 Å². The molecule has 1 heterocycles. The molecule has 8 heteroatoms. The van der Waals surface area contributed by atoms with E-state index in [1.807, 2.05) is 0 Å². The molecule has 0 radical (unpaired) electrons. The molecule has 0 spiro atoms. The minimum atomic E-state index is -4.15. The van der Waals surface area contributed by atoms with Gasteiger partial charge >= 0.3 is 6.18 Å². The molecule has 0 bridgehead atoms. The van der Waals surface area contributed by atoms with Gasteiger partial charge in [-0.15, -0.1) is 12.4 Å². The molecule has 0 aliphatic carbocycles. The van der Waals surface area contributed by atoms with Gasteiger partial charge in [0.2, 0.25) is 0 Å². The second kappa shape index (κ2) is 8.38. The van der Waals surface area contributed by atoms with Crippen LogP contribution in [-0.2, 0) is 0 Å². The van der Waals surface area contributed by atoms with Gasteiger partial charge in [0, 0.05) is 38.6 Å². The van der Waals surface area contributed by atoms with Gasteiger partial charge in [0.25, 0.3) is 0 Å². The molecule has 2 rings (SSSR count). The van der Waals surface area contributed by atoms with Gasteiger partial charge < -0.3 is 10.4 Å². The van der Waals surface area contributed by atoms with Crippen molar-refractivity contribution in [2.75, 3.05) is 26.2 Å². The average molecular weight is 404 g/mol. The number of alkyl halides is 3. The van der Waals surface area contributed by atoms with Crippen LogP contribution in [0.15, 0.2) is 22.7 Å². The van der Waals surface area contributed by atoms with Crippen LogP contribution in [0.4, 0.5) is 13.2 Å². The number of phenolic OH excluding ortho intramolecular Hbond substituents is 1. The van der Waals surface area contributed by atoms with Gasteiger partial charge in [0.1, 0.15) is 5.75 Å². The van der Waals surface area contributed by atoms with Crippen LogP contribution in [0.25, 0.3) is 0 Å². The van der Waals surface area contributed by atoms with Crippen LogP contribution in [0.1, 0.15) is 24.4 Å². The second-order valence-corrected chi connectivity index (χ2v) is 6.02. The first-order chi connectivity index (χ1) is 9.87. The lowest BCUT2D eigenvalue weighted by Gasteiger charge is -2.35. The van der Waals surface area contributed by atoms with Crippen molar-refractivity contribution in [3.63, 3.8) is 0 Å². The van der Waals surface area contributed by atoms with E-state index < -0.39 is 12.6 Å². The van der Waals surface area contributed by atoms with Crippen molar-refractivity contribution >= 4 is 28.3 Å². The van der Waals surface area contributed by atoms with E-state index in [0.29, 0.717) is 4.47 Å². The van der Waals surface area contributed by atoms with E-state index in [1.165, 1.54) is 6.07 Å². The lowest BCUT2D eigenvalue weighted by atomic mass is 9.99. The first-order valence-electron chi connectivity index (χ1n) is 6.87. The van der Waals surface area contributed by atoms with Crippen molar-refractivity contribution in [1.82, 2.24) is 10.2 Å². The van der Waals surface area contributed by atoms with Gasteiger partial charge in [0.15, 0.2) is 0 Å². The third-order valence-electron chi connectivity index (χ3n) is 3.65. The fourth-order valence-electron chi connectivity index (χ4n) is 2.58.